The number of aryl methyl sites for hydroxylation is 2. The fourth-order valence-corrected chi connectivity index (χ4v) is 3.44. The van der Waals surface area contributed by atoms with Crippen LogP contribution in [0.15, 0.2) is 23.1 Å². The monoisotopic (exact) mass is 301 g/mol. The summed E-state index contributed by atoms with van der Waals surface area (Å²) in [5, 5.41) is 3.97. The Morgan fingerprint density at radius 2 is 1.75 bits per heavy atom. The zero-order chi connectivity index (χ0) is 15.1. The molecule has 2 aromatic rings. The summed E-state index contributed by atoms with van der Waals surface area (Å²) < 4.78 is 54.9. The van der Waals surface area contributed by atoms with Gasteiger partial charge in [-0.3, -0.25) is 9.40 Å². The van der Waals surface area contributed by atoms with Crippen LogP contribution in [-0.2, 0) is 17.1 Å². The van der Waals surface area contributed by atoms with Crippen LogP contribution in [0.1, 0.15) is 11.4 Å². The number of sulfonamides is 1. The molecule has 5 nitrogen and oxygen atoms in total. The van der Waals surface area contributed by atoms with Crippen LogP contribution >= 0.6 is 0 Å². The number of aromatic nitrogens is 2. The SMILES string of the molecule is Cc1nn(C)c(C)c1S(=O)(=O)Nc1c(F)cccc1F. The molecule has 0 unspecified atom stereocenters. The molecular weight excluding hydrogens is 288 g/mol. The van der Waals surface area contributed by atoms with E-state index < -0.39 is 27.3 Å². The maximum Gasteiger partial charge on any atom is 0.265 e. The van der Waals surface area contributed by atoms with Crippen molar-refractivity contribution < 1.29 is 17.2 Å². The lowest BCUT2D eigenvalue weighted by Crippen LogP contribution is -2.16. The molecule has 0 radical (unpaired) electrons. The molecule has 1 aromatic carbocycles. The minimum absolute atomic E-state index is 0.0809. The van der Waals surface area contributed by atoms with Crippen molar-refractivity contribution in [3.05, 3.63) is 41.2 Å². The van der Waals surface area contributed by atoms with Crippen LogP contribution in [0.2, 0.25) is 0 Å². The Labute approximate surface area is 115 Å². The Kier molecular flexibility index (Phi) is 3.51. The summed E-state index contributed by atoms with van der Waals surface area (Å²) >= 11 is 0. The molecule has 0 saturated heterocycles. The summed E-state index contributed by atoms with van der Waals surface area (Å²) in [4.78, 5) is -0.0809. The molecule has 8 heteroatoms. The number of anilines is 1. The fourth-order valence-electron chi connectivity index (χ4n) is 1.92. The Hall–Kier alpha value is -1.96. The van der Waals surface area contributed by atoms with Crippen molar-refractivity contribution in [2.75, 3.05) is 4.72 Å². The van der Waals surface area contributed by atoms with Crippen molar-refractivity contribution in [3.63, 3.8) is 0 Å². The highest BCUT2D eigenvalue weighted by Crippen LogP contribution is 2.25. The first-order chi connectivity index (χ1) is 9.24. The summed E-state index contributed by atoms with van der Waals surface area (Å²) in [6.45, 7) is 3.07. The molecule has 20 heavy (non-hydrogen) atoms. The highest BCUT2D eigenvalue weighted by Gasteiger charge is 2.26. The number of hydrogen-bond donors (Lipinski definition) is 1. The Morgan fingerprint density at radius 3 is 2.20 bits per heavy atom. The third kappa shape index (κ3) is 2.38. The molecule has 108 valence electrons. The van der Waals surface area contributed by atoms with Gasteiger partial charge in [0.15, 0.2) is 0 Å². The molecule has 2 rings (SSSR count). The molecule has 1 aromatic heterocycles. The van der Waals surface area contributed by atoms with Gasteiger partial charge in [-0.05, 0) is 26.0 Å². The van der Waals surface area contributed by atoms with Crippen molar-refractivity contribution in [2.24, 2.45) is 7.05 Å². The average Bonchev–Trinajstić information content (AvgIpc) is 2.59. The van der Waals surface area contributed by atoms with Gasteiger partial charge in [0.1, 0.15) is 22.2 Å². The Morgan fingerprint density at radius 1 is 1.20 bits per heavy atom. The van der Waals surface area contributed by atoms with E-state index in [9.17, 15) is 17.2 Å². The van der Waals surface area contributed by atoms with Crippen LogP contribution in [-0.4, -0.2) is 18.2 Å². The quantitative estimate of drug-likeness (QED) is 0.944. The van der Waals surface area contributed by atoms with Gasteiger partial charge in [0.2, 0.25) is 0 Å². The molecule has 1 N–H and O–H groups in total. The molecular formula is C12H13F2N3O2S. The summed E-state index contributed by atoms with van der Waals surface area (Å²) in [7, 11) is -2.52. The number of halogens is 2. The van der Waals surface area contributed by atoms with E-state index in [2.05, 4.69) is 5.10 Å². The minimum atomic E-state index is -4.11. The molecule has 0 saturated carbocycles. The van der Waals surface area contributed by atoms with Crippen LogP contribution in [0, 0.1) is 25.5 Å². The lowest BCUT2D eigenvalue weighted by molar-refractivity contribution is 0.582. The largest absolute Gasteiger partial charge is 0.274 e. The maximum atomic E-state index is 13.5. The lowest BCUT2D eigenvalue weighted by Gasteiger charge is -2.10. The third-order valence-electron chi connectivity index (χ3n) is 2.91. The van der Waals surface area contributed by atoms with Gasteiger partial charge in [-0.15, -0.1) is 0 Å². The topological polar surface area (TPSA) is 64.0 Å². The van der Waals surface area contributed by atoms with E-state index in [0.29, 0.717) is 5.69 Å². The molecule has 0 amide bonds. The van der Waals surface area contributed by atoms with Crippen LogP contribution < -0.4 is 4.72 Å². The van der Waals surface area contributed by atoms with Crippen LogP contribution in [0.25, 0.3) is 0 Å². The van der Waals surface area contributed by atoms with E-state index in [0.717, 1.165) is 18.2 Å². The predicted octanol–water partition coefficient (Wildman–Crippen LogP) is 2.12. The van der Waals surface area contributed by atoms with Crippen molar-refractivity contribution in [3.8, 4) is 0 Å². The van der Waals surface area contributed by atoms with Gasteiger partial charge >= 0.3 is 0 Å². The molecule has 0 aliphatic rings. The van der Waals surface area contributed by atoms with E-state index in [-0.39, 0.29) is 10.6 Å². The predicted molar refractivity (Wildman–Crippen MR) is 69.8 cm³/mol. The first kappa shape index (κ1) is 14.4. The van der Waals surface area contributed by atoms with Gasteiger partial charge < -0.3 is 0 Å². The van der Waals surface area contributed by atoms with E-state index in [4.69, 9.17) is 0 Å². The minimum Gasteiger partial charge on any atom is -0.274 e. The number of benzene rings is 1. The molecule has 0 aliphatic heterocycles. The average molecular weight is 301 g/mol. The number of rotatable bonds is 3. The molecule has 0 aliphatic carbocycles. The summed E-state index contributed by atoms with van der Waals surface area (Å²) in [6.07, 6.45) is 0. The van der Waals surface area contributed by atoms with Crippen LogP contribution in [0.4, 0.5) is 14.5 Å². The Bertz CT molecular complexity index is 749. The fraction of sp³-hybridized carbons (Fsp3) is 0.250. The number of nitrogens with zero attached hydrogens (tertiary/aromatic N) is 2. The number of nitrogens with one attached hydrogen (secondary N) is 1. The van der Waals surface area contributed by atoms with Crippen molar-refractivity contribution in [1.29, 1.82) is 0 Å². The van der Waals surface area contributed by atoms with Gasteiger partial charge in [-0.25, -0.2) is 17.2 Å². The van der Waals surface area contributed by atoms with Crippen LogP contribution in [0.5, 0.6) is 0 Å². The van der Waals surface area contributed by atoms with Crippen molar-refractivity contribution >= 4 is 15.7 Å². The molecule has 1 heterocycles. The first-order valence-electron chi connectivity index (χ1n) is 5.71. The standard InChI is InChI=1S/C12H13F2N3O2S/c1-7-12(8(2)17(3)15-7)20(18,19)16-11-9(13)5-4-6-10(11)14/h4-6,16H,1-3H3. The van der Waals surface area contributed by atoms with Gasteiger partial charge in [0, 0.05) is 7.05 Å². The molecule has 0 fully saturated rings. The zero-order valence-corrected chi connectivity index (χ0v) is 11.9. The lowest BCUT2D eigenvalue weighted by atomic mass is 10.3. The normalized spacial score (nSPS) is 11.7. The summed E-state index contributed by atoms with van der Waals surface area (Å²) in [5.74, 6) is -1.96. The van der Waals surface area contributed by atoms with Gasteiger partial charge in [-0.2, -0.15) is 5.10 Å². The highest BCUT2D eigenvalue weighted by atomic mass is 32.2. The van der Waals surface area contributed by atoms with Gasteiger partial charge in [0.05, 0.1) is 11.4 Å². The molecule has 0 spiro atoms. The smallest absolute Gasteiger partial charge is 0.265 e. The summed E-state index contributed by atoms with van der Waals surface area (Å²) in [5.41, 5.74) is -0.0591. The Balaban J connectivity index is 2.52. The first-order valence-corrected chi connectivity index (χ1v) is 7.19. The van der Waals surface area contributed by atoms with Crippen LogP contribution in [0.3, 0.4) is 0 Å². The highest BCUT2D eigenvalue weighted by molar-refractivity contribution is 7.92. The second kappa shape index (κ2) is 4.86. The second-order valence-electron chi connectivity index (χ2n) is 4.33. The third-order valence-corrected chi connectivity index (χ3v) is 4.51. The van der Waals surface area contributed by atoms with Crippen molar-refractivity contribution in [1.82, 2.24) is 9.78 Å². The molecule has 0 bridgehead atoms. The zero-order valence-electron chi connectivity index (χ0n) is 11.1. The van der Waals surface area contributed by atoms with E-state index in [1.54, 1.807) is 14.0 Å². The van der Waals surface area contributed by atoms with Gasteiger partial charge in [0.25, 0.3) is 10.0 Å². The van der Waals surface area contributed by atoms with Crippen molar-refractivity contribution in [2.45, 2.75) is 18.7 Å². The summed E-state index contributed by atoms with van der Waals surface area (Å²) in [6, 6.07) is 3.11. The number of hydrogen-bond acceptors (Lipinski definition) is 3. The van der Waals surface area contributed by atoms with Gasteiger partial charge in [-0.1, -0.05) is 6.07 Å². The van der Waals surface area contributed by atoms with E-state index in [1.807, 2.05) is 4.72 Å². The second-order valence-corrected chi connectivity index (χ2v) is 5.94. The number of para-hydroxylation sites is 1. The van der Waals surface area contributed by atoms with E-state index >= 15 is 0 Å². The molecule has 0 atom stereocenters. The maximum absolute atomic E-state index is 13.5. The van der Waals surface area contributed by atoms with E-state index in [1.165, 1.54) is 11.6 Å².